The van der Waals surface area contributed by atoms with Crippen LogP contribution in [0.5, 0.6) is 0 Å². The molecule has 0 saturated heterocycles. The fraction of sp³-hybridized carbons (Fsp3) is 0.100. The summed E-state index contributed by atoms with van der Waals surface area (Å²) in [7, 11) is -3.84. The molecule has 3 aromatic carbocycles. The van der Waals surface area contributed by atoms with E-state index >= 15 is 0 Å². The minimum atomic E-state index is -3.84. The number of anilines is 1. The maximum atomic E-state index is 12.8. The molecule has 0 saturated carbocycles. The van der Waals surface area contributed by atoms with Crippen molar-refractivity contribution in [3.05, 3.63) is 72.3 Å². The third kappa shape index (κ3) is 3.18. The van der Waals surface area contributed by atoms with Gasteiger partial charge < -0.3 is 5.32 Å². The van der Waals surface area contributed by atoms with Crippen molar-refractivity contribution in [1.82, 2.24) is 10.6 Å². The van der Waals surface area contributed by atoms with E-state index in [0.29, 0.717) is 11.1 Å². The molecular formula is C20H17N3O4S. The number of nitrogens with one attached hydrogen (secondary N) is 2. The van der Waals surface area contributed by atoms with Crippen molar-refractivity contribution >= 4 is 38.4 Å². The number of nitrogens with zero attached hydrogens (tertiary/aromatic N) is 1. The number of carbonyl (C=O) groups is 2. The van der Waals surface area contributed by atoms with E-state index in [1.54, 1.807) is 18.2 Å². The highest BCUT2D eigenvalue weighted by atomic mass is 32.2. The second-order valence-corrected chi connectivity index (χ2v) is 8.19. The number of hydrogen-bond acceptors (Lipinski definition) is 4. The van der Waals surface area contributed by atoms with Gasteiger partial charge in [0.05, 0.1) is 10.6 Å². The van der Waals surface area contributed by atoms with Crippen LogP contribution in [0.4, 0.5) is 10.5 Å². The summed E-state index contributed by atoms with van der Waals surface area (Å²) in [5.41, 5.74) is 1.32. The summed E-state index contributed by atoms with van der Waals surface area (Å²) in [5.74, 6) is -0.709. The fourth-order valence-corrected chi connectivity index (χ4v) is 4.91. The smallest absolute Gasteiger partial charge is 0.321 e. The second kappa shape index (κ2) is 6.97. The number of benzene rings is 3. The average Bonchev–Trinajstić information content (AvgIpc) is 2.91. The zero-order valence-electron chi connectivity index (χ0n) is 14.8. The predicted molar refractivity (Wildman–Crippen MR) is 105 cm³/mol. The van der Waals surface area contributed by atoms with E-state index in [9.17, 15) is 18.0 Å². The van der Waals surface area contributed by atoms with Gasteiger partial charge in [0, 0.05) is 11.9 Å². The summed E-state index contributed by atoms with van der Waals surface area (Å²) in [6, 6.07) is 18.8. The van der Waals surface area contributed by atoms with Gasteiger partial charge in [0.25, 0.3) is 10.0 Å². The first-order valence-electron chi connectivity index (χ1n) is 8.63. The summed E-state index contributed by atoms with van der Waals surface area (Å²) in [5, 5.41) is 6.12. The molecule has 0 atom stereocenters. The van der Waals surface area contributed by atoms with Gasteiger partial charge in [-0.05, 0) is 23.1 Å². The van der Waals surface area contributed by atoms with Crippen molar-refractivity contribution in [2.24, 2.45) is 0 Å². The number of sulfonamides is 1. The molecule has 3 aromatic rings. The van der Waals surface area contributed by atoms with Crippen LogP contribution in [0.3, 0.4) is 0 Å². The first-order valence-corrected chi connectivity index (χ1v) is 10.1. The molecule has 142 valence electrons. The maximum absolute atomic E-state index is 12.8. The Morgan fingerprint density at radius 3 is 2.36 bits per heavy atom. The molecule has 7 nitrogen and oxygen atoms in total. The Morgan fingerprint density at radius 2 is 1.61 bits per heavy atom. The summed E-state index contributed by atoms with van der Waals surface area (Å²) in [6.45, 7) is -0.221. The monoisotopic (exact) mass is 395 g/mol. The first kappa shape index (κ1) is 18.0. The topological polar surface area (TPSA) is 95.6 Å². The van der Waals surface area contributed by atoms with Crippen LogP contribution in [0, 0.1) is 0 Å². The van der Waals surface area contributed by atoms with Crippen LogP contribution in [0.25, 0.3) is 10.8 Å². The van der Waals surface area contributed by atoms with Crippen molar-refractivity contribution in [2.45, 2.75) is 11.4 Å². The second-order valence-electron chi connectivity index (χ2n) is 6.36. The van der Waals surface area contributed by atoms with Gasteiger partial charge >= 0.3 is 6.03 Å². The lowest BCUT2D eigenvalue weighted by atomic mass is 10.1. The Hall–Kier alpha value is -3.39. The Morgan fingerprint density at radius 1 is 0.893 bits per heavy atom. The van der Waals surface area contributed by atoms with Crippen LogP contribution >= 0.6 is 0 Å². The molecular weight excluding hydrogens is 378 g/mol. The molecule has 0 spiro atoms. The highest BCUT2D eigenvalue weighted by Crippen LogP contribution is 2.41. The van der Waals surface area contributed by atoms with Crippen LogP contribution in [-0.4, -0.2) is 26.9 Å². The number of hydrogen-bond donors (Lipinski definition) is 2. The van der Waals surface area contributed by atoms with Crippen molar-refractivity contribution in [1.29, 1.82) is 0 Å². The molecule has 1 aliphatic heterocycles. The molecule has 2 N–H and O–H groups in total. The maximum Gasteiger partial charge on any atom is 0.321 e. The van der Waals surface area contributed by atoms with Crippen LogP contribution in [0.2, 0.25) is 0 Å². The third-order valence-electron chi connectivity index (χ3n) is 4.52. The molecule has 1 heterocycles. The quantitative estimate of drug-likeness (QED) is 0.709. The van der Waals surface area contributed by atoms with Gasteiger partial charge in [-0.25, -0.2) is 13.2 Å². The van der Waals surface area contributed by atoms with Crippen molar-refractivity contribution < 1.29 is 18.0 Å². The zero-order chi connectivity index (χ0) is 19.7. The van der Waals surface area contributed by atoms with Gasteiger partial charge in [0.15, 0.2) is 0 Å². The Bertz CT molecular complexity index is 1170. The summed E-state index contributed by atoms with van der Waals surface area (Å²) >= 11 is 0. The van der Waals surface area contributed by atoms with Crippen molar-refractivity contribution in [3.63, 3.8) is 0 Å². The number of carbonyl (C=O) groups excluding carboxylic acids is 2. The molecule has 0 fully saturated rings. The average molecular weight is 395 g/mol. The lowest BCUT2D eigenvalue weighted by molar-refractivity contribution is -0.118. The molecule has 0 bridgehead atoms. The lowest BCUT2D eigenvalue weighted by Gasteiger charge is -2.18. The minimum Gasteiger partial charge on any atom is -0.334 e. The molecule has 28 heavy (non-hydrogen) atoms. The summed E-state index contributed by atoms with van der Waals surface area (Å²) < 4.78 is 26.7. The van der Waals surface area contributed by atoms with E-state index in [4.69, 9.17) is 0 Å². The van der Waals surface area contributed by atoms with E-state index in [1.807, 2.05) is 42.5 Å². The van der Waals surface area contributed by atoms with Crippen LogP contribution in [0.15, 0.2) is 71.6 Å². The number of amides is 3. The predicted octanol–water partition coefficient (Wildman–Crippen LogP) is 2.37. The molecule has 0 aromatic heterocycles. The third-order valence-corrected chi connectivity index (χ3v) is 6.32. The van der Waals surface area contributed by atoms with Gasteiger partial charge in [-0.3, -0.25) is 14.4 Å². The molecule has 8 heteroatoms. The van der Waals surface area contributed by atoms with Gasteiger partial charge in [0.2, 0.25) is 5.91 Å². The zero-order valence-corrected chi connectivity index (χ0v) is 15.6. The van der Waals surface area contributed by atoms with E-state index in [-0.39, 0.29) is 11.4 Å². The standard InChI is InChI=1S/C20H17N3O4S/c24-18(22-20(25)21-12-14-6-2-1-3-7-14)13-23-16-10-4-8-15-9-5-11-17(19(15)16)28(23,26)27/h1-11H,12-13H2,(H2,21,22,24,25). The van der Waals surface area contributed by atoms with Crippen molar-refractivity contribution in [2.75, 3.05) is 10.8 Å². The summed E-state index contributed by atoms with van der Waals surface area (Å²) in [6.07, 6.45) is 0. The van der Waals surface area contributed by atoms with Gasteiger partial charge in [-0.1, -0.05) is 54.6 Å². The van der Waals surface area contributed by atoms with Gasteiger partial charge in [0.1, 0.15) is 6.54 Å². The number of urea groups is 1. The van der Waals surface area contributed by atoms with E-state index in [1.165, 1.54) is 6.07 Å². The summed E-state index contributed by atoms with van der Waals surface area (Å²) in [4.78, 5) is 24.4. The number of rotatable bonds is 4. The van der Waals surface area contributed by atoms with Gasteiger partial charge in [-0.2, -0.15) is 0 Å². The van der Waals surface area contributed by atoms with Crippen LogP contribution in [-0.2, 0) is 21.4 Å². The molecule has 1 aliphatic rings. The van der Waals surface area contributed by atoms with Crippen molar-refractivity contribution in [3.8, 4) is 0 Å². The Kier molecular flexibility index (Phi) is 4.48. The Balaban J connectivity index is 1.46. The molecule has 4 rings (SSSR count). The fourth-order valence-electron chi connectivity index (χ4n) is 3.25. The molecule has 0 aliphatic carbocycles. The molecule has 0 unspecified atom stereocenters. The van der Waals surface area contributed by atoms with Gasteiger partial charge in [-0.15, -0.1) is 0 Å². The highest BCUT2D eigenvalue weighted by Gasteiger charge is 2.36. The number of imide groups is 1. The SMILES string of the molecule is O=C(CN1c2cccc3cccc(c23)S1(=O)=O)NC(=O)NCc1ccccc1. The van der Waals surface area contributed by atoms with E-state index in [0.717, 1.165) is 15.3 Å². The minimum absolute atomic E-state index is 0.168. The first-order chi connectivity index (χ1) is 13.5. The molecule has 0 radical (unpaired) electrons. The normalized spacial score (nSPS) is 14.1. The Labute approximate surface area is 162 Å². The lowest BCUT2D eigenvalue weighted by Crippen LogP contribution is -2.45. The van der Waals surface area contributed by atoms with Crippen LogP contribution in [0.1, 0.15) is 5.56 Å². The highest BCUT2D eigenvalue weighted by molar-refractivity contribution is 7.93. The van der Waals surface area contributed by atoms with Crippen LogP contribution < -0.4 is 14.9 Å². The largest absolute Gasteiger partial charge is 0.334 e. The van der Waals surface area contributed by atoms with E-state index in [2.05, 4.69) is 10.6 Å². The molecule has 3 amide bonds. The van der Waals surface area contributed by atoms with E-state index < -0.39 is 28.5 Å².